The van der Waals surface area contributed by atoms with E-state index in [2.05, 4.69) is 0 Å². The van der Waals surface area contributed by atoms with Gasteiger partial charge in [-0.1, -0.05) is 12.8 Å². The molecule has 66 valence electrons. The molecule has 0 spiro atoms. The van der Waals surface area contributed by atoms with Crippen LogP contribution in [-0.4, -0.2) is 21.9 Å². The van der Waals surface area contributed by atoms with Crippen LogP contribution in [0.2, 0.25) is 0 Å². The van der Waals surface area contributed by atoms with Crippen molar-refractivity contribution in [2.24, 2.45) is 0 Å². The molecule has 0 aliphatic heterocycles. The van der Waals surface area contributed by atoms with Crippen LogP contribution in [-0.2, 0) is 0 Å². The Hall–Kier alpha value is -0.0800. The van der Waals surface area contributed by atoms with E-state index < -0.39 is 5.60 Å². The van der Waals surface area contributed by atoms with Gasteiger partial charge in [0, 0.05) is 0 Å². The third-order valence-corrected chi connectivity index (χ3v) is 2.52. The maximum atomic E-state index is 9.69. The van der Waals surface area contributed by atoms with Gasteiger partial charge in [0.2, 0.25) is 0 Å². The van der Waals surface area contributed by atoms with Gasteiger partial charge in [0.1, 0.15) is 0 Å². The van der Waals surface area contributed by atoms with E-state index in [1.165, 1.54) is 0 Å². The van der Waals surface area contributed by atoms with Crippen molar-refractivity contribution in [3.8, 4) is 0 Å². The predicted octanol–water partition coefficient (Wildman–Crippen LogP) is 1.45. The SMILES string of the molecule is CC1(O)CCCCC(O)CC1. The van der Waals surface area contributed by atoms with Gasteiger partial charge in [-0.2, -0.15) is 0 Å². The topological polar surface area (TPSA) is 40.5 Å². The molecular weight excluding hydrogens is 140 g/mol. The molecule has 0 aromatic rings. The zero-order chi connectivity index (χ0) is 8.32. The molecule has 2 nitrogen and oxygen atoms in total. The molecule has 11 heavy (non-hydrogen) atoms. The summed E-state index contributed by atoms with van der Waals surface area (Å²) in [6, 6.07) is 0. The van der Waals surface area contributed by atoms with Crippen LogP contribution in [0.4, 0.5) is 0 Å². The molecule has 2 unspecified atom stereocenters. The van der Waals surface area contributed by atoms with Gasteiger partial charge >= 0.3 is 0 Å². The quantitative estimate of drug-likeness (QED) is 0.560. The molecule has 0 amide bonds. The summed E-state index contributed by atoms with van der Waals surface area (Å²) in [5, 5.41) is 19.0. The molecule has 0 saturated heterocycles. The molecule has 2 heteroatoms. The van der Waals surface area contributed by atoms with Crippen LogP contribution in [0.15, 0.2) is 0 Å². The number of aliphatic hydroxyl groups is 2. The van der Waals surface area contributed by atoms with Crippen molar-refractivity contribution in [3.63, 3.8) is 0 Å². The molecule has 1 rings (SSSR count). The Kier molecular flexibility index (Phi) is 2.90. The Balaban J connectivity index is 2.38. The van der Waals surface area contributed by atoms with Crippen molar-refractivity contribution >= 4 is 0 Å². The summed E-state index contributed by atoms with van der Waals surface area (Å²) < 4.78 is 0. The molecule has 0 heterocycles. The normalized spacial score (nSPS) is 41.2. The van der Waals surface area contributed by atoms with Crippen LogP contribution in [0.1, 0.15) is 45.4 Å². The highest BCUT2D eigenvalue weighted by Crippen LogP contribution is 2.25. The highest BCUT2D eigenvalue weighted by molar-refractivity contribution is 4.76. The summed E-state index contributed by atoms with van der Waals surface area (Å²) in [5.74, 6) is 0. The van der Waals surface area contributed by atoms with Crippen molar-refractivity contribution in [1.29, 1.82) is 0 Å². The minimum atomic E-state index is -0.526. The van der Waals surface area contributed by atoms with Crippen molar-refractivity contribution in [2.75, 3.05) is 0 Å². The predicted molar refractivity (Wildman–Crippen MR) is 44.3 cm³/mol. The van der Waals surface area contributed by atoms with Gasteiger partial charge in [-0.15, -0.1) is 0 Å². The van der Waals surface area contributed by atoms with Gasteiger partial charge < -0.3 is 10.2 Å². The van der Waals surface area contributed by atoms with Crippen LogP contribution >= 0.6 is 0 Å². The maximum Gasteiger partial charge on any atom is 0.0620 e. The third kappa shape index (κ3) is 3.21. The number of aliphatic hydroxyl groups excluding tert-OH is 1. The van der Waals surface area contributed by atoms with E-state index in [0.29, 0.717) is 0 Å². The second-order valence-electron chi connectivity index (χ2n) is 3.94. The summed E-state index contributed by atoms with van der Waals surface area (Å²) in [7, 11) is 0. The van der Waals surface area contributed by atoms with E-state index in [-0.39, 0.29) is 6.10 Å². The Labute approximate surface area is 68.2 Å². The zero-order valence-electron chi connectivity index (χ0n) is 7.21. The van der Waals surface area contributed by atoms with Gasteiger partial charge in [-0.25, -0.2) is 0 Å². The lowest BCUT2D eigenvalue weighted by molar-refractivity contribution is 0.0111. The molecule has 0 aromatic heterocycles. The van der Waals surface area contributed by atoms with Gasteiger partial charge in [0.05, 0.1) is 11.7 Å². The summed E-state index contributed by atoms with van der Waals surface area (Å²) >= 11 is 0. The summed E-state index contributed by atoms with van der Waals surface area (Å²) in [5.41, 5.74) is -0.526. The smallest absolute Gasteiger partial charge is 0.0620 e. The number of rotatable bonds is 0. The molecule has 1 aliphatic rings. The van der Waals surface area contributed by atoms with Gasteiger partial charge in [-0.3, -0.25) is 0 Å². The van der Waals surface area contributed by atoms with E-state index >= 15 is 0 Å². The molecule has 0 bridgehead atoms. The molecule has 2 N–H and O–H groups in total. The molecule has 1 saturated carbocycles. The Bertz CT molecular complexity index is 121. The van der Waals surface area contributed by atoms with Crippen LogP contribution in [0.5, 0.6) is 0 Å². The van der Waals surface area contributed by atoms with Crippen LogP contribution in [0.3, 0.4) is 0 Å². The largest absolute Gasteiger partial charge is 0.393 e. The number of hydrogen-bond donors (Lipinski definition) is 2. The summed E-state index contributed by atoms with van der Waals surface area (Å²) in [4.78, 5) is 0. The maximum absolute atomic E-state index is 9.69. The van der Waals surface area contributed by atoms with Gasteiger partial charge in [-0.05, 0) is 32.6 Å². The average molecular weight is 158 g/mol. The third-order valence-electron chi connectivity index (χ3n) is 2.52. The first kappa shape index (κ1) is 9.01. The molecule has 0 aromatic carbocycles. The van der Waals surface area contributed by atoms with Crippen molar-refractivity contribution < 1.29 is 10.2 Å². The van der Waals surface area contributed by atoms with Crippen LogP contribution in [0.25, 0.3) is 0 Å². The monoisotopic (exact) mass is 158 g/mol. The van der Waals surface area contributed by atoms with Crippen molar-refractivity contribution in [2.45, 2.75) is 57.2 Å². The first-order valence-corrected chi connectivity index (χ1v) is 4.51. The van der Waals surface area contributed by atoms with E-state index in [1.807, 2.05) is 6.92 Å². The molecule has 0 radical (unpaired) electrons. The standard InChI is InChI=1S/C9H18O2/c1-9(11)6-3-2-4-8(10)5-7-9/h8,10-11H,2-7H2,1H3. The lowest BCUT2D eigenvalue weighted by Crippen LogP contribution is -2.27. The van der Waals surface area contributed by atoms with Gasteiger partial charge in [0.15, 0.2) is 0 Å². The highest BCUT2D eigenvalue weighted by atomic mass is 16.3. The average Bonchev–Trinajstić information content (AvgIpc) is 1.92. The first-order chi connectivity index (χ1) is 5.10. The first-order valence-electron chi connectivity index (χ1n) is 4.51. The molecular formula is C9H18O2. The van der Waals surface area contributed by atoms with Crippen LogP contribution in [0, 0.1) is 0 Å². The van der Waals surface area contributed by atoms with Gasteiger partial charge in [0.25, 0.3) is 0 Å². The second-order valence-corrected chi connectivity index (χ2v) is 3.94. The van der Waals surface area contributed by atoms with Crippen molar-refractivity contribution in [3.05, 3.63) is 0 Å². The Morgan fingerprint density at radius 1 is 1.18 bits per heavy atom. The van der Waals surface area contributed by atoms with E-state index in [4.69, 9.17) is 0 Å². The molecule has 1 fully saturated rings. The van der Waals surface area contributed by atoms with E-state index in [9.17, 15) is 10.2 Å². The fourth-order valence-corrected chi connectivity index (χ4v) is 1.63. The summed E-state index contributed by atoms with van der Waals surface area (Å²) in [6.07, 6.45) is 5.22. The second kappa shape index (κ2) is 3.55. The highest BCUT2D eigenvalue weighted by Gasteiger charge is 2.23. The van der Waals surface area contributed by atoms with E-state index in [0.717, 1.165) is 38.5 Å². The lowest BCUT2D eigenvalue weighted by Gasteiger charge is -2.27. The Morgan fingerprint density at radius 3 is 2.64 bits per heavy atom. The summed E-state index contributed by atoms with van der Waals surface area (Å²) in [6.45, 7) is 1.87. The fourth-order valence-electron chi connectivity index (χ4n) is 1.63. The minimum absolute atomic E-state index is 0.179. The lowest BCUT2D eigenvalue weighted by atomic mass is 9.88. The van der Waals surface area contributed by atoms with Crippen LogP contribution < -0.4 is 0 Å². The zero-order valence-corrected chi connectivity index (χ0v) is 7.21. The molecule has 2 atom stereocenters. The molecule has 1 aliphatic carbocycles. The Morgan fingerprint density at radius 2 is 1.91 bits per heavy atom. The van der Waals surface area contributed by atoms with Crippen molar-refractivity contribution in [1.82, 2.24) is 0 Å². The van der Waals surface area contributed by atoms with E-state index in [1.54, 1.807) is 0 Å². The number of hydrogen-bond acceptors (Lipinski definition) is 2. The minimum Gasteiger partial charge on any atom is -0.393 e. The fraction of sp³-hybridized carbons (Fsp3) is 1.00.